The average molecular weight is 460 g/mol. The molecule has 0 radical (unpaired) electrons. The van der Waals surface area contributed by atoms with Crippen LogP contribution in [-0.4, -0.2) is 32.4 Å². The highest BCUT2D eigenvalue weighted by Gasteiger charge is 2.28. The molecule has 0 spiro atoms. The smallest absolute Gasteiger partial charge is 0.493 e. The zero-order valence-corrected chi connectivity index (χ0v) is 19.5. The summed E-state index contributed by atoms with van der Waals surface area (Å²) >= 11 is 1.07. The summed E-state index contributed by atoms with van der Waals surface area (Å²) in [6.07, 6.45) is 0. The van der Waals surface area contributed by atoms with Crippen LogP contribution >= 0.6 is 19.3 Å². The predicted molar refractivity (Wildman–Crippen MR) is 123 cm³/mol. The Labute approximate surface area is 185 Å². The number of hydrogen-bond donors (Lipinski definition) is 2. The molecule has 9 heteroatoms. The third-order valence-electron chi connectivity index (χ3n) is 4.67. The molecule has 0 bridgehead atoms. The van der Waals surface area contributed by atoms with Crippen molar-refractivity contribution in [3.63, 3.8) is 0 Å². The van der Waals surface area contributed by atoms with Gasteiger partial charge in [-0.3, -0.25) is 0 Å². The summed E-state index contributed by atoms with van der Waals surface area (Å²) in [5, 5.41) is 13.2. The van der Waals surface area contributed by atoms with E-state index < -0.39 is 13.9 Å². The lowest BCUT2D eigenvalue weighted by atomic mass is 10.1. The van der Waals surface area contributed by atoms with Gasteiger partial charge in [0.25, 0.3) is 0 Å². The molecular weight excluding hydrogens is 437 g/mol. The molecule has 0 amide bonds. The van der Waals surface area contributed by atoms with Gasteiger partial charge in [-0.1, -0.05) is 17.7 Å². The van der Waals surface area contributed by atoms with Crippen LogP contribution in [0.5, 0.6) is 17.2 Å². The van der Waals surface area contributed by atoms with Gasteiger partial charge in [-0.25, -0.2) is 4.79 Å². The molecule has 1 aromatic heterocycles. The largest absolute Gasteiger partial charge is 0.499 e. The minimum atomic E-state index is -2.03. The quantitative estimate of drug-likeness (QED) is 0.444. The number of carbonyl (C=O) groups is 1. The summed E-state index contributed by atoms with van der Waals surface area (Å²) in [6, 6.07) is 10.8. The summed E-state index contributed by atoms with van der Waals surface area (Å²) in [4.78, 5) is 12.6. The van der Waals surface area contributed by atoms with Crippen molar-refractivity contribution < 1.29 is 28.7 Å². The zero-order chi connectivity index (χ0) is 22.7. The fourth-order valence-corrected chi connectivity index (χ4v) is 5.33. The van der Waals surface area contributed by atoms with Crippen molar-refractivity contribution >= 4 is 36.2 Å². The van der Waals surface area contributed by atoms with E-state index >= 15 is 0 Å². The van der Waals surface area contributed by atoms with E-state index in [1.54, 1.807) is 24.3 Å². The zero-order valence-electron chi connectivity index (χ0n) is 17.8. The van der Waals surface area contributed by atoms with Crippen LogP contribution in [0.1, 0.15) is 20.8 Å². The van der Waals surface area contributed by atoms with Gasteiger partial charge in [0.1, 0.15) is 10.6 Å². The first-order valence-corrected chi connectivity index (χ1v) is 11.3. The first kappa shape index (κ1) is 22.6. The molecule has 0 saturated carbocycles. The van der Waals surface area contributed by atoms with Crippen LogP contribution in [0.2, 0.25) is 0 Å². The predicted octanol–water partition coefficient (Wildman–Crippen LogP) is 5.24. The number of rotatable bonds is 8. The maximum atomic E-state index is 12.9. The third-order valence-corrected chi connectivity index (χ3v) is 7.22. The van der Waals surface area contributed by atoms with Crippen LogP contribution in [0.15, 0.2) is 36.4 Å². The molecule has 1 unspecified atom stereocenters. The number of aryl methyl sites for hydroxylation is 2. The maximum absolute atomic E-state index is 12.9. The van der Waals surface area contributed by atoms with Crippen molar-refractivity contribution in [1.29, 1.82) is 0 Å². The number of aromatic carboxylic acids is 1. The van der Waals surface area contributed by atoms with Crippen molar-refractivity contribution in [1.82, 2.24) is 0 Å². The molecular formula is C22H23NO6PS+. The number of methoxy groups -OCH3 is 3. The molecule has 3 rings (SSSR count). The van der Waals surface area contributed by atoms with Crippen LogP contribution in [0.25, 0.3) is 10.4 Å². The topological polar surface area (TPSA) is 94.1 Å². The van der Waals surface area contributed by atoms with E-state index in [0.29, 0.717) is 38.7 Å². The van der Waals surface area contributed by atoms with E-state index in [2.05, 4.69) is 5.09 Å². The highest BCUT2D eigenvalue weighted by Crippen LogP contribution is 2.45. The van der Waals surface area contributed by atoms with Crippen LogP contribution in [0.4, 0.5) is 5.69 Å². The molecule has 1 heterocycles. The second-order valence-electron chi connectivity index (χ2n) is 6.77. The number of nitrogens with one attached hydrogen (secondary N) is 1. The Morgan fingerprint density at radius 1 is 1.00 bits per heavy atom. The van der Waals surface area contributed by atoms with E-state index in [4.69, 9.17) is 14.2 Å². The first-order chi connectivity index (χ1) is 14.8. The summed E-state index contributed by atoms with van der Waals surface area (Å²) in [5.41, 5.74) is 2.93. The van der Waals surface area contributed by atoms with Gasteiger partial charge in [-0.05, 0) is 48.2 Å². The minimum Gasteiger partial charge on any atom is -0.493 e. The highest BCUT2D eigenvalue weighted by molar-refractivity contribution is 7.55. The number of ether oxygens (including phenoxy) is 3. The van der Waals surface area contributed by atoms with Crippen LogP contribution in [0.3, 0.4) is 0 Å². The molecule has 7 nitrogen and oxygen atoms in total. The molecule has 2 N–H and O–H groups in total. The molecule has 2 aromatic carbocycles. The van der Waals surface area contributed by atoms with Gasteiger partial charge in [0.05, 0.1) is 21.3 Å². The number of carboxylic acids is 1. The lowest BCUT2D eigenvalue weighted by Gasteiger charge is -2.13. The lowest BCUT2D eigenvalue weighted by Crippen LogP contribution is -2.07. The Morgan fingerprint density at radius 2 is 1.65 bits per heavy atom. The van der Waals surface area contributed by atoms with Gasteiger partial charge in [0.15, 0.2) is 11.5 Å². The number of hydrogen-bond acceptors (Lipinski definition) is 6. The Kier molecular flexibility index (Phi) is 6.83. The number of anilines is 1. The molecule has 0 aliphatic carbocycles. The fraction of sp³-hybridized carbons (Fsp3) is 0.227. The Bertz CT molecular complexity index is 1130. The van der Waals surface area contributed by atoms with Crippen molar-refractivity contribution in [2.45, 2.75) is 13.8 Å². The maximum Gasteiger partial charge on any atom is 0.499 e. The van der Waals surface area contributed by atoms with Gasteiger partial charge in [-0.15, -0.1) is 11.3 Å². The SMILES string of the molecule is COc1cc(-c2cc(N[P+](=O)c3ccc(C)cc3C)c(C(=O)O)s2)cc(OC)c1OC. The molecule has 0 fully saturated rings. The second kappa shape index (κ2) is 9.37. The molecule has 162 valence electrons. The number of carboxylic acid groups (broad SMARTS) is 1. The van der Waals surface area contributed by atoms with E-state index in [1.807, 2.05) is 26.0 Å². The Morgan fingerprint density at radius 3 is 2.16 bits per heavy atom. The van der Waals surface area contributed by atoms with E-state index in [0.717, 1.165) is 22.5 Å². The van der Waals surface area contributed by atoms with Gasteiger partial charge in [-0.2, -0.15) is 5.09 Å². The Balaban J connectivity index is 2.03. The molecule has 3 aromatic rings. The average Bonchev–Trinajstić information content (AvgIpc) is 3.16. The van der Waals surface area contributed by atoms with Crippen molar-refractivity contribution in [2.75, 3.05) is 26.4 Å². The molecule has 31 heavy (non-hydrogen) atoms. The number of thiophene rings is 1. The number of benzene rings is 2. The van der Waals surface area contributed by atoms with Crippen LogP contribution in [0, 0.1) is 13.8 Å². The van der Waals surface area contributed by atoms with Gasteiger partial charge >= 0.3 is 13.9 Å². The third kappa shape index (κ3) is 4.65. The molecule has 0 saturated heterocycles. The van der Waals surface area contributed by atoms with Gasteiger partial charge < -0.3 is 19.3 Å². The van der Waals surface area contributed by atoms with Crippen LogP contribution < -0.4 is 24.6 Å². The first-order valence-electron chi connectivity index (χ1n) is 9.27. The molecule has 1 atom stereocenters. The van der Waals surface area contributed by atoms with E-state index in [9.17, 15) is 14.5 Å². The van der Waals surface area contributed by atoms with Crippen molar-refractivity contribution in [3.8, 4) is 27.7 Å². The summed E-state index contributed by atoms with van der Waals surface area (Å²) in [5.74, 6) is 0.256. The molecule has 0 aliphatic heterocycles. The monoisotopic (exact) mass is 460 g/mol. The normalized spacial score (nSPS) is 11.1. The highest BCUT2D eigenvalue weighted by atomic mass is 32.1. The van der Waals surface area contributed by atoms with Crippen molar-refractivity contribution in [3.05, 3.63) is 52.4 Å². The fourth-order valence-electron chi connectivity index (χ4n) is 3.20. The van der Waals surface area contributed by atoms with Crippen molar-refractivity contribution in [2.24, 2.45) is 0 Å². The van der Waals surface area contributed by atoms with Gasteiger partial charge in [0.2, 0.25) is 11.1 Å². The lowest BCUT2D eigenvalue weighted by molar-refractivity contribution is 0.0703. The van der Waals surface area contributed by atoms with Crippen LogP contribution in [-0.2, 0) is 4.57 Å². The standard InChI is InChI=1S/C22H22NO6PS/c1-12-6-7-18(13(2)8-12)30(26)23-15-11-19(31-21(15)22(24)25)14-9-16(27-3)20(29-5)17(10-14)28-4/h6-11H,1-5H3,(H-,23,24,25,26)/p+1. The molecule has 0 aliphatic rings. The van der Waals surface area contributed by atoms with Gasteiger partial charge in [0, 0.05) is 10.4 Å². The van der Waals surface area contributed by atoms with E-state index in [-0.39, 0.29) is 4.88 Å². The minimum absolute atomic E-state index is 0.0665. The van der Waals surface area contributed by atoms with E-state index in [1.165, 1.54) is 21.3 Å². The summed E-state index contributed by atoms with van der Waals surface area (Å²) < 4.78 is 29.1. The summed E-state index contributed by atoms with van der Waals surface area (Å²) in [7, 11) is 2.51. The summed E-state index contributed by atoms with van der Waals surface area (Å²) in [6.45, 7) is 3.84. The second-order valence-corrected chi connectivity index (χ2v) is 9.12. The Hall–Kier alpha value is -3.09.